The van der Waals surface area contributed by atoms with E-state index in [-0.39, 0.29) is 0 Å². The van der Waals surface area contributed by atoms with Gasteiger partial charge >= 0.3 is 0 Å². The molecule has 0 aliphatic carbocycles. The van der Waals surface area contributed by atoms with E-state index >= 15 is 0 Å². The first-order chi connectivity index (χ1) is 4.18. The van der Waals surface area contributed by atoms with Gasteiger partial charge in [-0.1, -0.05) is 13.8 Å². The molecular formula is C7H14N2. The third-order valence-electron chi connectivity index (χ3n) is 1.25. The molecule has 0 radical (unpaired) electrons. The standard InChI is InChI=1S/C7H14N2/c1-6(2)7(9)4-3-5-8/h5-6,8-9H,3-4H2,1-2H3. The molecule has 9 heavy (non-hydrogen) atoms. The summed E-state index contributed by atoms with van der Waals surface area (Å²) in [5.74, 6) is 0.352. The summed E-state index contributed by atoms with van der Waals surface area (Å²) in [5.41, 5.74) is 0.749. The first kappa shape index (κ1) is 8.34. The fraction of sp³-hybridized carbons (Fsp3) is 0.714. The largest absolute Gasteiger partial charge is 0.313 e. The molecule has 0 heterocycles. The van der Waals surface area contributed by atoms with Crippen molar-refractivity contribution in [2.45, 2.75) is 26.7 Å². The van der Waals surface area contributed by atoms with Crippen LogP contribution in [-0.2, 0) is 0 Å². The molecule has 0 amide bonds. The molecule has 2 nitrogen and oxygen atoms in total. The summed E-state index contributed by atoms with van der Waals surface area (Å²) in [6.45, 7) is 4.01. The molecule has 0 fully saturated rings. The smallest absolute Gasteiger partial charge is 0.0118 e. The van der Waals surface area contributed by atoms with Gasteiger partial charge in [0.15, 0.2) is 0 Å². The lowest BCUT2D eigenvalue weighted by Crippen LogP contribution is -2.04. The van der Waals surface area contributed by atoms with Crippen molar-refractivity contribution in [2.75, 3.05) is 0 Å². The van der Waals surface area contributed by atoms with Crippen molar-refractivity contribution < 1.29 is 0 Å². The number of hydrogen-bond donors (Lipinski definition) is 2. The minimum atomic E-state index is 0.352. The summed E-state index contributed by atoms with van der Waals surface area (Å²) < 4.78 is 0. The zero-order chi connectivity index (χ0) is 7.28. The first-order valence-electron chi connectivity index (χ1n) is 3.24. The lowest BCUT2D eigenvalue weighted by atomic mass is 10.0. The van der Waals surface area contributed by atoms with Gasteiger partial charge in [-0.05, 0) is 25.0 Å². The third-order valence-corrected chi connectivity index (χ3v) is 1.25. The third kappa shape index (κ3) is 3.88. The predicted octanol–water partition coefficient (Wildman–Crippen LogP) is 2.09. The second kappa shape index (κ2) is 4.24. The van der Waals surface area contributed by atoms with E-state index in [9.17, 15) is 0 Å². The molecule has 0 rings (SSSR count). The number of nitrogens with one attached hydrogen (secondary N) is 2. The van der Waals surface area contributed by atoms with Crippen LogP contribution in [0.3, 0.4) is 0 Å². The van der Waals surface area contributed by atoms with Gasteiger partial charge in [0.1, 0.15) is 0 Å². The molecule has 0 unspecified atom stereocenters. The first-order valence-corrected chi connectivity index (χ1v) is 3.24. The summed E-state index contributed by atoms with van der Waals surface area (Å²) >= 11 is 0. The summed E-state index contributed by atoms with van der Waals surface area (Å²) in [4.78, 5) is 0. The zero-order valence-corrected chi connectivity index (χ0v) is 6.07. The van der Waals surface area contributed by atoms with Crippen LogP contribution in [0.1, 0.15) is 26.7 Å². The summed E-state index contributed by atoms with van der Waals surface area (Å²) in [7, 11) is 0. The van der Waals surface area contributed by atoms with Gasteiger partial charge in [-0.25, -0.2) is 0 Å². The van der Waals surface area contributed by atoms with Crippen LogP contribution in [0.15, 0.2) is 0 Å². The van der Waals surface area contributed by atoms with E-state index in [0.717, 1.165) is 18.6 Å². The van der Waals surface area contributed by atoms with Crippen molar-refractivity contribution in [1.29, 1.82) is 10.8 Å². The Labute approximate surface area is 56.3 Å². The summed E-state index contributed by atoms with van der Waals surface area (Å²) in [5, 5.41) is 14.1. The molecule has 0 aromatic heterocycles. The second-order valence-electron chi connectivity index (χ2n) is 2.42. The van der Waals surface area contributed by atoms with Gasteiger partial charge in [0.2, 0.25) is 0 Å². The van der Waals surface area contributed by atoms with Gasteiger partial charge in [-0.2, -0.15) is 0 Å². The molecule has 52 valence electrons. The molecule has 2 heteroatoms. The molecule has 0 aliphatic heterocycles. The van der Waals surface area contributed by atoms with E-state index in [1.165, 1.54) is 6.21 Å². The minimum absolute atomic E-state index is 0.352. The Kier molecular flexibility index (Phi) is 3.93. The highest BCUT2D eigenvalue weighted by Gasteiger charge is 1.99. The minimum Gasteiger partial charge on any atom is -0.313 e. The maximum absolute atomic E-state index is 7.34. The Morgan fingerprint density at radius 2 is 2.11 bits per heavy atom. The Morgan fingerprint density at radius 3 is 2.44 bits per heavy atom. The van der Waals surface area contributed by atoms with Crippen molar-refractivity contribution in [1.82, 2.24) is 0 Å². The molecule has 0 saturated carbocycles. The van der Waals surface area contributed by atoms with Gasteiger partial charge in [-0.15, -0.1) is 0 Å². The average Bonchev–Trinajstić information content (AvgIpc) is 1.82. The highest BCUT2D eigenvalue weighted by atomic mass is 14.4. The highest BCUT2D eigenvalue weighted by molar-refractivity contribution is 5.84. The van der Waals surface area contributed by atoms with Crippen LogP contribution in [0, 0.1) is 16.7 Å². The van der Waals surface area contributed by atoms with Crippen molar-refractivity contribution >= 4 is 11.9 Å². The predicted molar refractivity (Wildman–Crippen MR) is 40.6 cm³/mol. The van der Waals surface area contributed by atoms with E-state index in [4.69, 9.17) is 10.8 Å². The zero-order valence-electron chi connectivity index (χ0n) is 6.07. The van der Waals surface area contributed by atoms with Gasteiger partial charge in [0, 0.05) is 5.71 Å². The number of rotatable bonds is 4. The molecule has 0 saturated heterocycles. The maximum atomic E-state index is 7.34. The number of hydrogen-bond acceptors (Lipinski definition) is 2. The normalized spacial score (nSPS) is 9.67. The fourth-order valence-electron chi connectivity index (χ4n) is 0.516. The highest BCUT2D eigenvalue weighted by Crippen LogP contribution is 1.99. The molecular weight excluding hydrogens is 112 g/mol. The van der Waals surface area contributed by atoms with Crippen LogP contribution >= 0.6 is 0 Å². The van der Waals surface area contributed by atoms with Crippen molar-refractivity contribution in [3.05, 3.63) is 0 Å². The Bertz CT molecular complexity index is 105. The van der Waals surface area contributed by atoms with Crippen molar-refractivity contribution in [3.8, 4) is 0 Å². The Morgan fingerprint density at radius 1 is 1.56 bits per heavy atom. The molecule has 2 N–H and O–H groups in total. The monoisotopic (exact) mass is 126 g/mol. The Hall–Kier alpha value is -0.660. The van der Waals surface area contributed by atoms with Crippen LogP contribution < -0.4 is 0 Å². The van der Waals surface area contributed by atoms with Crippen LogP contribution in [-0.4, -0.2) is 11.9 Å². The molecule has 0 bridgehead atoms. The molecule has 0 spiro atoms. The topological polar surface area (TPSA) is 47.7 Å². The molecule has 0 aromatic carbocycles. The molecule has 0 aromatic rings. The average molecular weight is 126 g/mol. The lowest BCUT2D eigenvalue weighted by Gasteiger charge is -2.03. The van der Waals surface area contributed by atoms with Crippen LogP contribution in [0.4, 0.5) is 0 Å². The van der Waals surface area contributed by atoms with Crippen molar-refractivity contribution in [2.24, 2.45) is 5.92 Å². The van der Waals surface area contributed by atoms with E-state index in [2.05, 4.69) is 0 Å². The van der Waals surface area contributed by atoms with E-state index in [1.54, 1.807) is 0 Å². The van der Waals surface area contributed by atoms with Gasteiger partial charge in [0.25, 0.3) is 0 Å². The van der Waals surface area contributed by atoms with Crippen LogP contribution in [0.5, 0.6) is 0 Å². The van der Waals surface area contributed by atoms with Crippen LogP contribution in [0.25, 0.3) is 0 Å². The fourth-order valence-corrected chi connectivity index (χ4v) is 0.516. The maximum Gasteiger partial charge on any atom is 0.0118 e. The summed E-state index contributed by atoms with van der Waals surface area (Å²) in [6, 6.07) is 0. The van der Waals surface area contributed by atoms with E-state index < -0.39 is 0 Å². The van der Waals surface area contributed by atoms with E-state index in [1.807, 2.05) is 13.8 Å². The Balaban J connectivity index is 3.38. The lowest BCUT2D eigenvalue weighted by molar-refractivity contribution is 0.841. The van der Waals surface area contributed by atoms with E-state index in [0.29, 0.717) is 5.92 Å². The van der Waals surface area contributed by atoms with Gasteiger partial charge in [-0.3, -0.25) is 0 Å². The SMILES string of the molecule is CC(C)C(=N)CCC=N. The second-order valence-corrected chi connectivity index (χ2v) is 2.42. The summed E-state index contributed by atoms with van der Waals surface area (Å²) in [6.07, 6.45) is 2.83. The van der Waals surface area contributed by atoms with Gasteiger partial charge < -0.3 is 10.8 Å². The van der Waals surface area contributed by atoms with Gasteiger partial charge in [0.05, 0.1) is 0 Å². The quantitative estimate of drug-likeness (QED) is 0.542. The van der Waals surface area contributed by atoms with Crippen LogP contribution in [0.2, 0.25) is 0 Å². The van der Waals surface area contributed by atoms with Crippen molar-refractivity contribution in [3.63, 3.8) is 0 Å². The molecule has 0 atom stereocenters. The molecule has 0 aliphatic rings.